The molecule has 0 saturated carbocycles. The average Bonchev–Trinajstić information content (AvgIpc) is 3.29. The number of hydrogen-bond donors (Lipinski definition) is 5. The maximum absolute atomic E-state index is 14.5. The molecule has 36 heavy (non-hydrogen) atoms. The molecule has 0 unspecified atom stereocenters. The van der Waals surface area contributed by atoms with Gasteiger partial charge in [0.25, 0.3) is 5.91 Å². The maximum atomic E-state index is 14.5. The minimum atomic E-state index is -0.620. The normalized spacial score (nSPS) is 16.9. The van der Waals surface area contributed by atoms with Crippen molar-refractivity contribution in [2.24, 2.45) is 0 Å². The van der Waals surface area contributed by atoms with Gasteiger partial charge in [-0.15, -0.1) is 0 Å². The number of benzene rings is 2. The first-order chi connectivity index (χ1) is 17.3. The summed E-state index contributed by atoms with van der Waals surface area (Å²) < 4.78 is 19.5. The lowest BCUT2D eigenvalue weighted by molar-refractivity contribution is -0.121. The number of aromatic nitrogens is 2. The van der Waals surface area contributed by atoms with E-state index in [0.717, 1.165) is 0 Å². The van der Waals surface area contributed by atoms with Crippen LogP contribution in [0.1, 0.15) is 27.0 Å². The van der Waals surface area contributed by atoms with Crippen molar-refractivity contribution in [3.05, 3.63) is 76.9 Å². The highest BCUT2D eigenvalue weighted by Gasteiger charge is 2.30. The van der Waals surface area contributed by atoms with Gasteiger partial charge in [-0.25, -0.2) is 14.4 Å². The molecule has 2 atom stereocenters. The number of phenolic OH excluding ortho intramolecular Hbond substituents is 1. The monoisotopic (exact) mass is 494 g/mol. The van der Waals surface area contributed by atoms with Crippen molar-refractivity contribution >= 4 is 17.8 Å². The standard InChI is InChI=1S/C25H27FN6O4/c1-36-21-7-6-20(33)17(23(21)26)8-14-2-4-16(5-3-14)24(35)32-19-13-28-12-18(19)31-22(34)9-15-10-29-25(27)30-11-15/h2-7,10-11,18-19,28,33H,8-9,12-13H2,1H3,(H,31,34)(H,32,35)(H2,27,29,30)/t18-,19-/m1/s1. The van der Waals surface area contributed by atoms with Gasteiger partial charge < -0.3 is 31.5 Å². The molecule has 1 aliphatic rings. The molecule has 2 amide bonds. The Kier molecular flexibility index (Phi) is 7.59. The van der Waals surface area contributed by atoms with Crippen molar-refractivity contribution in [1.82, 2.24) is 25.9 Å². The van der Waals surface area contributed by atoms with Gasteiger partial charge in [0.1, 0.15) is 5.75 Å². The van der Waals surface area contributed by atoms with Crippen LogP contribution in [0.3, 0.4) is 0 Å². The van der Waals surface area contributed by atoms with E-state index in [1.807, 2.05) is 0 Å². The number of carbonyl (C=O) groups is 2. The number of nitrogen functional groups attached to an aromatic ring is 1. The highest BCUT2D eigenvalue weighted by Crippen LogP contribution is 2.30. The molecule has 0 aliphatic carbocycles. The van der Waals surface area contributed by atoms with Gasteiger partial charge >= 0.3 is 0 Å². The number of methoxy groups -OCH3 is 1. The van der Waals surface area contributed by atoms with Gasteiger partial charge in [0, 0.05) is 43.0 Å². The van der Waals surface area contributed by atoms with Gasteiger partial charge in [-0.05, 0) is 35.4 Å². The number of aromatic hydroxyl groups is 1. The SMILES string of the molecule is COc1ccc(O)c(Cc2ccc(C(=O)N[C@@H]3CNC[C@H]3NC(=O)Cc3cnc(N)nc3)cc2)c1F. The third-order valence-electron chi connectivity index (χ3n) is 5.97. The Bertz CT molecular complexity index is 1240. The predicted octanol–water partition coefficient (Wildman–Crippen LogP) is 0.932. The van der Waals surface area contributed by atoms with E-state index in [0.29, 0.717) is 29.8 Å². The second-order valence-corrected chi connectivity index (χ2v) is 8.49. The topological polar surface area (TPSA) is 151 Å². The van der Waals surface area contributed by atoms with E-state index in [1.165, 1.54) is 31.6 Å². The Morgan fingerprint density at radius 2 is 1.75 bits per heavy atom. The minimum Gasteiger partial charge on any atom is -0.508 e. The fraction of sp³-hybridized carbons (Fsp3) is 0.280. The molecule has 1 fully saturated rings. The Balaban J connectivity index is 1.34. The Morgan fingerprint density at radius 3 is 2.42 bits per heavy atom. The Morgan fingerprint density at radius 1 is 1.08 bits per heavy atom. The van der Waals surface area contributed by atoms with Crippen molar-refractivity contribution in [1.29, 1.82) is 0 Å². The lowest BCUT2D eigenvalue weighted by atomic mass is 10.0. The molecule has 2 aromatic carbocycles. The molecule has 4 rings (SSSR count). The quantitative estimate of drug-likeness (QED) is 0.310. The number of ether oxygens (including phenoxy) is 1. The number of nitrogens with zero attached hydrogens (tertiary/aromatic N) is 2. The van der Waals surface area contributed by atoms with Crippen LogP contribution in [0, 0.1) is 5.82 Å². The molecule has 0 spiro atoms. The highest BCUT2D eigenvalue weighted by molar-refractivity contribution is 5.94. The molecule has 188 valence electrons. The molecule has 0 bridgehead atoms. The summed E-state index contributed by atoms with van der Waals surface area (Å²) in [5.41, 5.74) is 7.36. The molecule has 1 aromatic heterocycles. The summed E-state index contributed by atoms with van der Waals surface area (Å²) in [6.45, 7) is 1.03. The summed E-state index contributed by atoms with van der Waals surface area (Å²) in [7, 11) is 1.36. The van der Waals surface area contributed by atoms with Gasteiger partial charge in [0.2, 0.25) is 11.9 Å². The zero-order chi connectivity index (χ0) is 25.7. The van der Waals surface area contributed by atoms with Gasteiger partial charge in [0.15, 0.2) is 11.6 Å². The van der Waals surface area contributed by atoms with Crippen molar-refractivity contribution < 1.29 is 23.8 Å². The summed E-state index contributed by atoms with van der Waals surface area (Å²) in [5, 5.41) is 19.1. The molecule has 6 N–H and O–H groups in total. The molecule has 11 heteroatoms. The summed E-state index contributed by atoms with van der Waals surface area (Å²) >= 11 is 0. The third kappa shape index (κ3) is 5.87. The zero-order valence-corrected chi connectivity index (χ0v) is 19.6. The highest BCUT2D eigenvalue weighted by atomic mass is 19.1. The van der Waals surface area contributed by atoms with Crippen molar-refractivity contribution in [2.75, 3.05) is 25.9 Å². The van der Waals surface area contributed by atoms with Crippen LogP contribution in [0.25, 0.3) is 0 Å². The smallest absolute Gasteiger partial charge is 0.251 e. The number of hydrogen-bond acceptors (Lipinski definition) is 8. The summed E-state index contributed by atoms with van der Waals surface area (Å²) in [6.07, 6.45) is 3.24. The first kappa shape index (κ1) is 24.9. The van der Waals surface area contributed by atoms with Crippen molar-refractivity contribution in [3.63, 3.8) is 0 Å². The number of phenols is 1. The second kappa shape index (κ2) is 11.0. The van der Waals surface area contributed by atoms with E-state index in [-0.39, 0.29) is 59.8 Å². The van der Waals surface area contributed by atoms with E-state index < -0.39 is 5.82 Å². The number of amides is 2. The fourth-order valence-corrected chi connectivity index (χ4v) is 4.03. The first-order valence-electron chi connectivity index (χ1n) is 11.3. The van der Waals surface area contributed by atoms with E-state index in [1.54, 1.807) is 24.3 Å². The Hall–Kier alpha value is -4.25. The van der Waals surface area contributed by atoms with Crippen LogP contribution in [0.4, 0.5) is 10.3 Å². The second-order valence-electron chi connectivity index (χ2n) is 8.49. The van der Waals surface area contributed by atoms with Gasteiger partial charge in [-0.1, -0.05) is 12.1 Å². The van der Waals surface area contributed by atoms with Crippen LogP contribution in [-0.4, -0.2) is 59.2 Å². The molecule has 1 aliphatic heterocycles. The molecule has 10 nitrogen and oxygen atoms in total. The number of rotatable bonds is 8. The third-order valence-corrected chi connectivity index (χ3v) is 5.97. The number of nitrogens with two attached hydrogens (primary N) is 1. The minimum absolute atomic E-state index is 0.0485. The first-order valence-corrected chi connectivity index (χ1v) is 11.3. The predicted molar refractivity (Wildman–Crippen MR) is 130 cm³/mol. The summed E-state index contributed by atoms with van der Waals surface area (Å²) in [5.74, 6) is -1.11. The van der Waals surface area contributed by atoms with Crippen LogP contribution in [0.5, 0.6) is 11.5 Å². The number of anilines is 1. The molecule has 1 saturated heterocycles. The lowest BCUT2D eigenvalue weighted by Crippen LogP contribution is -2.51. The van der Waals surface area contributed by atoms with E-state index in [9.17, 15) is 19.1 Å². The molecular formula is C25H27FN6O4. The van der Waals surface area contributed by atoms with E-state index >= 15 is 0 Å². The van der Waals surface area contributed by atoms with Crippen LogP contribution in [-0.2, 0) is 17.6 Å². The average molecular weight is 495 g/mol. The lowest BCUT2D eigenvalue weighted by Gasteiger charge is -2.21. The molecule has 2 heterocycles. The molecule has 3 aromatic rings. The van der Waals surface area contributed by atoms with Crippen LogP contribution in [0.2, 0.25) is 0 Å². The number of nitrogens with one attached hydrogen (secondary N) is 3. The maximum Gasteiger partial charge on any atom is 0.251 e. The van der Waals surface area contributed by atoms with Crippen LogP contribution in [0.15, 0.2) is 48.8 Å². The van der Waals surface area contributed by atoms with Crippen LogP contribution >= 0.6 is 0 Å². The zero-order valence-electron chi connectivity index (χ0n) is 19.6. The van der Waals surface area contributed by atoms with E-state index in [4.69, 9.17) is 10.5 Å². The Labute approximate surface area is 207 Å². The van der Waals surface area contributed by atoms with Crippen molar-refractivity contribution in [2.45, 2.75) is 24.9 Å². The van der Waals surface area contributed by atoms with E-state index in [2.05, 4.69) is 25.9 Å². The number of carbonyl (C=O) groups excluding carboxylic acids is 2. The van der Waals surface area contributed by atoms with Gasteiger partial charge in [-0.3, -0.25) is 9.59 Å². The van der Waals surface area contributed by atoms with Gasteiger partial charge in [0.05, 0.1) is 25.6 Å². The summed E-state index contributed by atoms with van der Waals surface area (Å²) in [4.78, 5) is 33.0. The largest absolute Gasteiger partial charge is 0.508 e. The van der Waals surface area contributed by atoms with Crippen molar-refractivity contribution in [3.8, 4) is 11.5 Å². The van der Waals surface area contributed by atoms with Crippen LogP contribution < -0.4 is 26.4 Å². The summed E-state index contributed by atoms with van der Waals surface area (Å²) in [6, 6.07) is 8.84. The number of halogens is 1. The van der Waals surface area contributed by atoms with Gasteiger partial charge in [-0.2, -0.15) is 0 Å². The molecular weight excluding hydrogens is 467 g/mol. The molecule has 0 radical (unpaired) electrons. The fourth-order valence-electron chi connectivity index (χ4n) is 4.03.